The first-order chi connectivity index (χ1) is 11.0. The van der Waals surface area contributed by atoms with Gasteiger partial charge in [0.25, 0.3) is 5.91 Å². The molecule has 0 spiro atoms. The van der Waals surface area contributed by atoms with Crippen molar-refractivity contribution in [3.63, 3.8) is 0 Å². The van der Waals surface area contributed by atoms with E-state index in [2.05, 4.69) is 27.1 Å². The molecule has 0 unspecified atom stereocenters. The number of nitrogens with zero attached hydrogens (tertiary/aromatic N) is 3. The van der Waals surface area contributed by atoms with Crippen molar-refractivity contribution in [1.29, 1.82) is 0 Å². The standard InChI is InChI=1S/C18H24N4O/c1-5-6-11-22(4)17-12-16(19-14(3)20-17)18(23)21-15-9-7-13(2)8-10-15/h7-10,12H,5-6,11H2,1-4H3,(H,21,23). The number of carbonyl (C=O) groups is 1. The molecule has 0 saturated heterocycles. The van der Waals surface area contributed by atoms with E-state index in [0.717, 1.165) is 36.5 Å². The van der Waals surface area contributed by atoms with Crippen LogP contribution in [0.25, 0.3) is 0 Å². The minimum absolute atomic E-state index is 0.218. The van der Waals surface area contributed by atoms with Crippen LogP contribution in [0.4, 0.5) is 11.5 Å². The van der Waals surface area contributed by atoms with Gasteiger partial charge in [-0.15, -0.1) is 0 Å². The van der Waals surface area contributed by atoms with Crippen LogP contribution >= 0.6 is 0 Å². The zero-order valence-electron chi connectivity index (χ0n) is 14.3. The molecule has 1 aromatic heterocycles. The predicted molar refractivity (Wildman–Crippen MR) is 94.1 cm³/mol. The van der Waals surface area contributed by atoms with Gasteiger partial charge in [0.1, 0.15) is 17.3 Å². The summed E-state index contributed by atoms with van der Waals surface area (Å²) in [6.45, 7) is 6.88. The van der Waals surface area contributed by atoms with Crippen molar-refractivity contribution in [3.05, 3.63) is 47.4 Å². The Morgan fingerprint density at radius 1 is 1.17 bits per heavy atom. The average molecular weight is 312 g/mol. The van der Waals surface area contributed by atoms with E-state index < -0.39 is 0 Å². The normalized spacial score (nSPS) is 10.4. The quantitative estimate of drug-likeness (QED) is 0.885. The Balaban J connectivity index is 2.16. The molecule has 0 fully saturated rings. The largest absolute Gasteiger partial charge is 0.360 e. The molecule has 0 radical (unpaired) electrons. The van der Waals surface area contributed by atoms with E-state index in [4.69, 9.17) is 0 Å². The second-order valence-corrected chi connectivity index (χ2v) is 5.75. The Bertz CT molecular complexity index is 667. The van der Waals surface area contributed by atoms with E-state index in [1.807, 2.05) is 38.2 Å². The van der Waals surface area contributed by atoms with E-state index in [0.29, 0.717) is 11.5 Å². The Morgan fingerprint density at radius 2 is 1.87 bits per heavy atom. The summed E-state index contributed by atoms with van der Waals surface area (Å²) in [4.78, 5) is 23.2. The van der Waals surface area contributed by atoms with Gasteiger partial charge in [0.2, 0.25) is 0 Å². The number of rotatable bonds is 6. The zero-order chi connectivity index (χ0) is 16.8. The minimum Gasteiger partial charge on any atom is -0.360 e. The van der Waals surface area contributed by atoms with Crippen LogP contribution in [0.5, 0.6) is 0 Å². The highest BCUT2D eigenvalue weighted by Gasteiger charge is 2.13. The van der Waals surface area contributed by atoms with Gasteiger partial charge in [0, 0.05) is 25.3 Å². The van der Waals surface area contributed by atoms with E-state index in [1.165, 1.54) is 0 Å². The number of hydrogen-bond donors (Lipinski definition) is 1. The third kappa shape index (κ3) is 4.77. The molecule has 5 heteroatoms. The number of aromatic nitrogens is 2. The third-order valence-corrected chi connectivity index (χ3v) is 3.60. The summed E-state index contributed by atoms with van der Waals surface area (Å²) in [6, 6.07) is 9.44. The van der Waals surface area contributed by atoms with Gasteiger partial charge in [-0.05, 0) is 32.4 Å². The summed E-state index contributed by atoms with van der Waals surface area (Å²) in [7, 11) is 1.99. The number of amides is 1. The van der Waals surface area contributed by atoms with Crippen molar-refractivity contribution in [3.8, 4) is 0 Å². The van der Waals surface area contributed by atoms with Crippen molar-refractivity contribution in [1.82, 2.24) is 9.97 Å². The van der Waals surface area contributed by atoms with Crippen LogP contribution in [0, 0.1) is 13.8 Å². The van der Waals surface area contributed by atoms with Crippen LogP contribution in [-0.4, -0.2) is 29.5 Å². The van der Waals surface area contributed by atoms with E-state index in [-0.39, 0.29) is 5.91 Å². The van der Waals surface area contributed by atoms with Gasteiger partial charge in [-0.25, -0.2) is 9.97 Å². The van der Waals surface area contributed by atoms with Crippen LogP contribution < -0.4 is 10.2 Å². The van der Waals surface area contributed by atoms with Gasteiger partial charge in [0.15, 0.2) is 0 Å². The smallest absolute Gasteiger partial charge is 0.274 e. The number of aryl methyl sites for hydroxylation is 2. The first-order valence-electron chi connectivity index (χ1n) is 7.94. The number of hydrogen-bond acceptors (Lipinski definition) is 4. The topological polar surface area (TPSA) is 58.1 Å². The fraction of sp³-hybridized carbons (Fsp3) is 0.389. The molecule has 2 rings (SSSR count). The molecular weight excluding hydrogens is 288 g/mol. The van der Waals surface area contributed by atoms with Crippen molar-refractivity contribution >= 4 is 17.4 Å². The SMILES string of the molecule is CCCCN(C)c1cc(C(=O)Nc2ccc(C)cc2)nc(C)n1. The highest BCUT2D eigenvalue weighted by molar-refractivity contribution is 6.03. The zero-order valence-corrected chi connectivity index (χ0v) is 14.3. The highest BCUT2D eigenvalue weighted by atomic mass is 16.1. The monoisotopic (exact) mass is 312 g/mol. The molecule has 1 N–H and O–H groups in total. The molecule has 0 aliphatic rings. The molecule has 0 atom stereocenters. The molecule has 5 nitrogen and oxygen atoms in total. The summed E-state index contributed by atoms with van der Waals surface area (Å²) in [5.74, 6) is 1.16. The van der Waals surface area contributed by atoms with E-state index in [1.54, 1.807) is 13.0 Å². The molecule has 23 heavy (non-hydrogen) atoms. The maximum Gasteiger partial charge on any atom is 0.274 e. The summed E-state index contributed by atoms with van der Waals surface area (Å²) < 4.78 is 0. The number of carbonyl (C=O) groups excluding carboxylic acids is 1. The third-order valence-electron chi connectivity index (χ3n) is 3.60. The molecule has 0 aliphatic carbocycles. The second kappa shape index (κ2) is 7.72. The summed E-state index contributed by atoms with van der Waals surface area (Å²) >= 11 is 0. The summed E-state index contributed by atoms with van der Waals surface area (Å²) in [6.07, 6.45) is 2.21. The van der Waals surface area contributed by atoms with Crippen LogP contribution in [0.2, 0.25) is 0 Å². The molecule has 1 aromatic carbocycles. The highest BCUT2D eigenvalue weighted by Crippen LogP contribution is 2.14. The molecule has 2 aromatic rings. The summed E-state index contributed by atoms with van der Waals surface area (Å²) in [5, 5.41) is 2.87. The first-order valence-corrected chi connectivity index (χ1v) is 7.94. The van der Waals surface area contributed by atoms with Gasteiger partial charge < -0.3 is 10.2 Å². The molecule has 0 bridgehead atoms. The molecule has 1 heterocycles. The summed E-state index contributed by atoms with van der Waals surface area (Å²) in [5.41, 5.74) is 2.30. The number of anilines is 2. The number of unbranched alkanes of at least 4 members (excludes halogenated alkanes) is 1. The first kappa shape index (κ1) is 16.9. The molecule has 122 valence electrons. The van der Waals surface area contributed by atoms with Crippen molar-refractivity contribution in [2.24, 2.45) is 0 Å². The molecule has 0 saturated carbocycles. The maximum atomic E-state index is 12.4. The lowest BCUT2D eigenvalue weighted by Crippen LogP contribution is -2.22. The minimum atomic E-state index is -0.218. The van der Waals surface area contributed by atoms with Crippen LogP contribution in [0.3, 0.4) is 0 Å². The predicted octanol–water partition coefficient (Wildman–Crippen LogP) is 3.58. The maximum absolute atomic E-state index is 12.4. The van der Waals surface area contributed by atoms with Crippen molar-refractivity contribution < 1.29 is 4.79 Å². The fourth-order valence-corrected chi connectivity index (χ4v) is 2.21. The van der Waals surface area contributed by atoms with Gasteiger partial charge in [0.05, 0.1) is 0 Å². The molecule has 0 aliphatic heterocycles. The molecular formula is C18H24N4O. The van der Waals surface area contributed by atoms with Crippen LogP contribution in [-0.2, 0) is 0 Å². The van der Waals surface area contributed by atoms with Gasteiger partial charge >= 0.3 is 0 Å². The Labute approximate surface area is 137 Å². The average Bonchev–Trinajstić information content (AvgIpc) is 2.54. The van der Waals surface area contributed by atoms with Crippen molar-refractivity contribution in [2.45, 2.75) is 33.6 Å². The van der Waals surface area contributed by atoms with Gasteiger partial charge in [-0.2, -0.15) is 0 Å². The van der Waals surface area contributed by atoms with Crippen molar-refractivity contribution in [2.75, 3.05) is 23.8 Å². The lowest BCUT2D eigenvalue weighted by Gasteiger charge is -2.18. The van der Waals surface area contributed by atoms with E-state index in [9.17, 15) is 4.79 Å². The Kier molecular flexibility index (Phi) is 5.68. The Morgan fingerprint density at radius 3 is 2.52 bits per heavy atom. The number of benzene rings is 1. The van der Waals surface area contributed by atoms with Gasteiger partial charge in [-0.1, -0.05) is 31.0 Å². The number of nitrogens with one attached hydrogen (secondary N) is 1. The molecule has 1 amide bonds. The second-order valence-electron chi connectivity index (χ2n) is 5.75. The fourth-order valence-electron chi connectivity index (χ4n) is 2.21. The Hall–Kier alpha value is -2.43. The lowest BCUT2D eigenvalue weighted by atomic mass is 10.2. The lowest BCUT2D eigenvalue weighted by molar-refractivity contribution is 0.102. The van der Waals surface area contributed by atoms with Gasteiger partial charge in [-0.3, -0.25) is 4.79 Å². The van der Waals surface area contributed by atoms with Crippen LogP contribution in [0.15, 0.2) is 30.3 Å². The van der Waals surface area contributed by atoms with Crippen LogP contribution in [0.1, 0.15) is 41.6 Å². The van der Waals surface area contributed by atoms with E-state index >= 15 is 0 Å².